The van der Waals surface area contributed by atoms with Gasteiger partial charge < -0.3 is 5.32 Å². The van der Waals surface area contributed by atoms with Crippen molar-refractivity contribution in [1.82, 2.24) is 9.97 Å². The monoisotopic (exact) mass is 405 g/mol. The molecule has 2 aromatic carbocycles. The summed E-state index contributed by atoms with van der Waals surface area (Å²) in [5.74, 6) is -0.621. The number of thiazole rings is 2. The van der Waals surface area contributed by atoms with Crippen molar-refractivity contribution in [2.24, 2.45) is 0 Å². The van der Waals surface area contributed by atoms with Crippen LogP contribution >= 0.6 is 22.7 Å². The minimum atomic E-state index is -0.314. The third-order valence-corrected chi connectivity index (χ3v) is 5.31. The summed E-state index contributed by atoms with van der Waals surface area (Å²) in [6.45, 7) is 0. The summed E-state index contributed by atoms with van der Waals surface area (Å²) < 4.78 is 0.817. The first-order valence-electron chi connectivity index (χ1n) is 8.04. The van der Waals surface area contributed by atoms with Gasteiger partial charge in [0.15, 0.2) is 5.13 Å². The Hall–Kier alpha value is -3.61. The van der Waals surface area contributed by atoms with Crippen molar-refractivity contribution in [3.05, 3.63) is 70.2 Å². The minimum absolute atomic E-state index is 0.307. The molecule has 0 saturated carbocycles. The molecule has 0 unspecified atom stereocenters. The van der Waals surface area contributed by atoms with Gasteiger partial charge in [-0.3, -0.25) is 14.9 Å². The van der Waals surface area contributed by atoms with Crippen molar-refractivity contribution < 1.29 is 9.59 Å². The van der Waals surface area contributed by atoms with Crippen LogP contribution in [0.3, 0.4) is 0 Å². The molecule has 0 aliphatic heterocycles. The molecule has 2 amide bonds. The predicted octanol–water partition coefficient (Wildman–Crippen LogP) is 4.13. The van der Waals surface area contributed by atoms with E-state index in [1.165, 1.54) is 28.7 Å². The number of rotatable bonds is 4. The minimum Gasteiger partial charge on any atom is -0.322 e. The fourth-order valence-electron chi connectivity index (χ4n) is 2.47. The van der Waals surface area contributed by atoms with Gasteiger partial charge in [0.05, 0.1) is 27.4 Å². The summed E-state index contributed by atoms with van der Waals surface area (Å²) in [5, 5.41) is 16.6. The first-order valence-corrected chi connectivity index (χ1v) is 9.80. The third-order valence-electron chi connectivity index (χ3n) is 3.79. The van der Waals surface area contributed by atoms with E-state index in [1.54, 1.807) is 47.3 Å². The van der Waals surface area contributed by atoms with E-state index in [-0.39, 0.29) is 11.8 Å². The van der Waals surface area contributed by atoms with Gasteiger partial charge in [-0.15, -0.1) is 11.3 Å². The number of anilines is 2. The van der Waals surface area contributed by atoms with Crippen LogP contribution in [-0.2, 0) is 0 Å². The zero-order valence-corrected chi connectivity index (χ0v) is 15.8. The molecule has 2 aromatic heterocycles. The molecule has 4 aromatic rings. The van der Waals surface area contributed by atoms with Crippen LogP contribution in [0.2, 0.25) is 0 Å². The second kappa shape index (κ2) is 7.56. The van der Waals surface area contributed by atoms with Crippen molar-refractivity contribution in [3.8, 4) is 6.07 Å². The molecule has 4 rings (SSSR count). The highest BCUT2D eigenvalue weighted by Crippen LogP contribution is 2.29. The molecular weight excluding hydrogens is 394 g/mol. The predicted molar refractivity (Wildman–Crippen MR) is 109 cm³/mol. The van der Waals surface area contributed by atoms with Crippen LogP contribution in [0.25, 0.3) is 10.2 Å². The van der Waals surface area contributed by atoms with Crippen molar-refractivity contribution in [3.63, 3.8) is 0 Å². The van der Waals surface area contributed by atoms with Crippen LogP contribution in [0, 0.1) is 11.3 Å². The molecule has 2 heterocycles. The Kier molecular flexibility index (Phi) is 4.80. The molecule has 0 radical (unpaired) electrons. The highest BCUT2D eigenvalue weighted by Gasteiger charge is 2.13. The zero-order valence-electron chi connectivity index (χ0n) is 14.2. The Balaban J connectivity index is 1.52. The van der Waals surface area contributed by atoms with Gasteiger partial charge in [-0.05, 0) is 36.4 Å². The summed E-state index contributed by atoms with van der Waals surface area (Å²) in [5.41, 5.74) is 4.07. The van der Waals surface area contributed by atoms with E-state index in [9.17, 15) is 9.59 Å². The molecule has 0 saturated heterocycles. The second-order valence-corrected chi connectivity index (χ2v) is 7.43. The van der Waals surface area contributed by atoms with Crippen molar-refractivity contribution in [2.75, 3.05) is 10.6 Å². The first kappa shape index (κ1) is 17.8. The molecular formula is C19H11N5O2S2. The number of nitrogens with zero attached hydrogens (tertiary/aromatic N) is 3. The fourth-order valence-corrected chi connectivity index (χ4v) is 3.91. The molecule has 7 nitrogen and oxygen atoms in total. The van der Waals surface area contributed by atoms with Crippen LogP contribution in [0.5, 0.6) is 0 Å². The number of fused-ring (bicyclic) bond motifs is 1. The first-order chi connectivity index (χ1) is 13.6. The van der Waals surface area contributed by atoms with E-state index in [0.717, 1.165) is 4.70 Å². The molecule has 9 heteroatoms. The molecule has 0 aliphatic carbocycles. The lowest BCUT2D eigenvalue weighted by Gasteiger charge is -2.05. The van der Waals surface area contributed by atoms with Gasteiger partial charge in [-0.2, -0.15) is 5.26 Å². The average molecular weight is 405 g/mol. The van der Waals surface area contributed by atoms with Gasteiger partial charge in [-0.1, -0.05) is 17.4 Å². The average Bonchev–Trinajstić information content (AvgIpc) is 3.37. The lowest BCUT2D eigenvalue weighted by atomic mass is 10.1. The topological polar surface area (TPSA) is 108 Å². The van der Waals surface area contributed by atoms with Gasteiger partial charge in [0.1, 0.15) is 5.69 Å². The Morgan fingerprint density at radius 3 is 2.75 bits per heavy atom. The fraction of sp³-hybridized carbons (Fsp3) is 0. The van der Waals surface area contributed by atoms with Crippen LogP contribution in [0.4, 0.5) is 10.8 Å². The quantitative estimate of drug-likeness (QED) is 0.531. The van der Waals surface area contributed by atoms with E-state index >= 15 is 0 Å². The van der Waals surface area contributed by atoms with E-state index in [4.69, 9.17) is 5.26 Å². The van der Waals surface area contributed by atoms with Crippen molar-refractivity contribution >= 4 is 55.5 Å². The summed E-state index contributed by atoms with van der Waals surface area (Å²) in [4.78, 5) is 32.8. The highest BCUT2D eigenvalue weighted by molar-refractivity contribution is 7.22. The van der Waals surface area contributed by atoms with Gasteiger partial charge in [0, 0.05) is 16.6 Å². The Bertz CT molecular complexity index is 1220. The second-order valence-electron chi connectivity index (χ2n) is 5.68. The van der Waals surface area contributed by atoms with E-state index in [2.05, 4.69) is 20.6 Å². The largest absolute Gasteiger partial charge is 0.322 e. The van der Waals surface area contributed by atoms with E-state index in [0.29, 0.717) is 33.2 Å². The molecule has 136 valence electrons. The Morgan fingerprint density at radius 2 is 1.96 bits per heavy atom. The highest BCUT2D eigenvalue weighted by atomic mass is 32.1. The van der Waals surface area contributed by atoms with Crippen molar-refractivity contribution in [2.45, 2.75) is 0 Å². The summed E-state index contributed by atoms with van der Waals surface area (Å²) in [6, 6.07) is 13.8. The number of aromatic nitrogens is 2. The smallest absolute Gasteiger partial charge is 0.276 e. The molecule has 0 atom stereocenters. The Morgan fingerprint density at radius 1 is 1.07 bits per heavy atom. The maximum absolute atomic E-state index is 12.4. The van der Waals surface area contributed by atoms with Gasteiger partial charge in [0.2, 0.25) is 0 Å². The van der Waals surface area contributed by atoms with Gasteiger partial charge >= 0.3 is 0 Å². The SMILES string of the molecule is N#Cc1cccc(C(=O)Nc2ccc3nc(NC(=O)c4cscn4)sc3c2)c1. The van der Waals surface area contributed by atoms with E-state index < -0.39 is 0 Å². The molecule has 0 fully saturated rings. The summed E-state index contributed by atoms with van der Waals surface area (Å²) in [7, 11) is 0. The number of nitrogens with one attached hydrogen (secondary N) is 2. The Labute approximate surface area is 167 Å². The summed E-state index contributed by atoms with van der Waals surface area (Å²) >= 11 is 2.65. The lowest BCUT2D eigenvalue weighted by Crippen LogP contribution is -2.11. The zero-order chi connectivity index (χ0) is 19.5. The third kappa shape index (κ3) is 3.73. The number of hydrogen-bond acceptors (Lipinski definition) is 7. The van der Waals surface area contributed by atoms with E-state index in [1.807, 2.05) is 6.07 Å². The van der Waals surface area contributed by atoms with Crippen LogP contribution in [0.15, 0.2) is 53.4 Å². The molecule has 0 spiro atoms. The van der Waals surface area contributed by atoms with Gasteiger partial charge in [-0.25, -0.2) is 9.97 Å². The van der Waals surface area contributed by atoms with Crippen LogP contribution < -0.4 is 10.6 Å². The number of hydrogen-bond donors (Lipinski definition) is 2. The molecule has 2 N–H and O–H groups in total. The number of amides is 2. The molecule has 28 heavy (non-hydrogen) atoms. The van der Waals surface area contributed by atoms with Gasteiger partial charge in [0.25, 0.3) is 11.8 Å². The van der Waals surface area contributed by atoms with Crippen LogP contribution in [0.1, 0.15) is 26.4 Å². The number of carbonyl (C=O) groups is 2. The molecule has 0 aliphatic rings. The number of nitriles is 1. The summed E-state index contributed by atoms with van der Waals surface area (Å²) in [6.07, 6.45) is 0. The maximum atomic E-state index is 12.4. The lowest BCUT2D eigenvalue weighted by molar-refractivity contribution is 0.101. The molecule has 0 bridgehead atoms. The van der Waals surface area contributed by atoms with Crippen molar-refractivity contribution in [1.29, 1.82) is 5.26 Å². The standard InChI is InChI=1S/C19H11N5O2S2/c20-8-11-2-1-3-12(6-11)17(25)22-13-4-5-14-16(7-13)28-19(23-14)24-18(26)15-9-27-10-21-15/h1-7,9-10H,(H,22,25)(H,23,24,26). The normalized spacial score (nSPS) is 10.4. The number of benzene rings is 2. The maximum Gasteiger partial charge on any atom is 0.276 e. The number of carbonyl (C=O) groups excluding carboxylic acids is 2. The van der Waals surface area contributed by atoms with Crippen LogP contribution in [-0.4, -0.2) is 21.8 Å².